The number of carbonyl (C=O) groups is 4. The largest absolute Gasteiger partial charge is 0.480 e. The fourth-order valence-corrected chi connectivity index (χ4v) is 4.17. The number of aliphatic imine (C=N–C) groups is 2. The second-order valence-corrected chi connectivity index (χ2v) is 9.77. The first-order valence-electron chi connectivity index (χ1n) is 13.6. The number of nitrogens with two attached hydrogens (primary N) is 5. The van der Waals surface area contributed by atoms with Crippen LogP contribution in [0.1, 0.15) is 31.2 Å². The number of benzene rings is 1. The number of aliphatic hydroxyl groups excluding tert-OH is 1. The Kier molecular flexibility index (Phi) is 13.7. The highest BCUT2D eigenvalue weighted by Crippen LogP contribution is 2.19. The number of aliphatic carboxylic acids is 1. The standard InChI is InChI=1S/C26H41N11O6/c27-16(13-38)21(39)35-18(7-3-9-32-25(28)29)22(40)36-19(8-4-10-33-26(30)31)23(41)37-20(24(42)43)11-14-12-34-17-6-2-1-5-15(14)17/h1-2,5-6,12,16,18-20,34,38H,3-4,7-11,13,27H2,(H,35,39)(H,36,40)(H,37,41)(H,42,43)(H4,28,29,32)(H4,30,31,33). The zero-order valence-electron chi connectivity index (χ0n) is 23.7. The Labute approximate surface area is 247 Å². The van der Waals surface area contributed by atoms with Crippen molar-refractivity contribution >= 4 is 46.5 Å². The number of carbonyl (C=O) groups excluding carboxylic acids is 3. The van der Waals surface area contributed by atoms with Crippen LogP contribution in [-0.2, 0) is 25.6 Å². The number of guanidine groups is 2. The van der Waals surface area contributed by atoms with Gasteiger partial charge in [0.05, 0.1) is 6.61 Å². The lowest BCUT2D eigenvalue weighted by Gasteiger charge is -2.25. The van der Waals surface area contributed by atoms with E-state index in [1.165, 1.54) is 0 Å². The summed E-state index contributed by atoms with van der Waals surface area (Å²) in [5.41, 5.74) is 28.5. The number of aliphatic hydroxyl groups is 1. The Morgan fingerprint density at radius 1 is 0.814 bits per heavy atom. The molecule has 2 rings (SSSR count). The number of aromatic nitrogens is 1. The van der Waals surface area contributed by atoms with Gasteiger partial charge in [-0.05, 0) is 37.3 Å². The Balaban J connectivity index is 2.23. The van der Waals surface area contributed by atoms with E-state index in [1.54, 1.807) is 6.20 Å². The van der Waals surface area contributed by atoms with Crippen molar-refractivity contribution in [2.24, 2.45) is 38.7 Å². The van der Waals surface area contributed by atoms with Crippen molar-refractivity contribution in [1.82, 2.24) is 20.9 Å². The minimum Gasteiger partial charge on any atom is -0.480 e. The normalized spacial score (nSPS) is 13.6. The predicted molar refractivity (Wildman–Crippen MR) is 160 cm³/mol. The maximum atomic E-state index is 13.4. The van der Waals surface area contributed by atoms with Crippen molar-refractivity contribution in [2.45, 2.75) is 56.3 Å². The van der Waals surface area contributed by atoms with Crippen molar-refractivity contribution in [2.75, 3.05) is 19.7 Å². The first kappa shape index (κ1) is 34.3. The summed E-state index contributed by atoms with van der Waals surface area (Å²) in [7, 11) is 0. The van der Waals surface area contributed by atoms with Gasteiger partial charge in [-0.25, -0.2) is 4.79 Å². The minimum atomic E-state index is -1.32. The third kappa shape index (κ3) is 11.5. The molecule has 0 bridgehead atoms. The summed E-state index contributed by atoms with van der Waals surface area (Å²) in [5, 5.41) is 27.5. The second-order valence-electron chi connectivity index (χ2n) is 9.77. The lowest BCUT2D eigenvalue weighted by atomic mass is 10.0. The number of nitrogens with one attached hydrogen (secondary N) is 4. The lowest BCUT2D eigenvalue weighted by Crippen LogP contribution is -2.57. The number of hydrogen-bond donors (Lipinski definition) is 11. The first-order chi connectivity index (χ1) is 20.4. The molecule has 236 valence electrons. The molecule has 0 radical (unpaired) electrons. The Hall–Kier alpha value is -4.90. The van der Waals surface area contributed by atoms with Gasteiger partial charge in [-0.15, -0.1) is 0 Å². The molecule has 3 amide bonds. The van der Waals surface area contributed by atoms with Gasteiger partial charge in [0.2, 0.25) is 17.7 Å². The number of carboxylic acids is 1. The highest BCUT2D eigenvalue weighted by atomic mass is 16.4. The van der Waals surface area contributed by atoms with Gasteiger partial charge < -0.3 is 59.8 Å². The third-order valence-corrected chi connectivity index (χ3v) is 6.40. The lowest BCUT2D eigenvalue weighted by molar-refractivity contribution is -0.142. The molecular formula is C26H41N11O6. The summed E-state index contributed by atoms with van der Waals surface area (Å²) >= 11 is 0. The number of amides is 3. The van der Waals surface area contributed by atoms with Crippen molar-refractivity contribution in [1.29, 1.82) is 0 Å². The molecule has 43 heavy (non-hydrogen) atoms. The molecule has 4 atom stereocenters. The van der Waals surface area contributed by atoms with E-state index in [1.807, 2.05) is 24.3 Å². The molecule has 2 aromatic rings. The van der Waals surface area contributed by atoms with Crippen molar-refractivity contribution in [3.8, 4) is 0 Å². The quantitative estimate of drug-likeness (QED) is 0.0455. The molecule has 17 nitrogen and oxygen atoms in total. The second kappa shape index (κ2) is 17.1. The summed E-state index contributed by atoms with van der Waals surface area (Å²) < 4.78 is 0. The van der Waals surface area contributed by atoms with Gasteiger partial charge in [-0.3, -0.25) is 24.4 Å². The summed E-state index contributed by atoms with van der Waals surface area (Å²) in [5.74, 6) is -3.87. The van der Waals surface area contributed by atoms with E-state index in [9.17, 15) is 29.4 Å². The number of para-hydroxylation sites is 1. The number of aromatic amines is 1. The number of fused-ring (bicyclic) bond motifs is 1. The van der Waals surface area contributed by atoms with Crippen LogP contribution < -0.4 is 44.6 Å². The SMILES string of the molecule is NC(N)=NCCCC(NC(=O)C(N)CO)C(=O)NC(CCCN=C(N)N)C(=O)NC(Cc1c[nH]c2ccccc12)C(=O)O. The highest BCUT2D eigenvalue weighted by molar-refractivity contribution is 5.94. The summed E-state index contributed by atoms with van der Waals surface area (Å²) in [6.07, 6.45) is 2.28. The smallest absolute Gasteiger partial charge is 0.326 e. The van der Waals surface area contributed by atoms with Crippen LogP contribution in [0.5, 0.6) is 0 Å². The van der Waals surface area contributed by atoms with Gasteiger partial charge >= 0.3 is 5.97 Å². The van der Waals surface area contributed by atoms with E-state index in [0.29, 0.717) is 5.56 Å². The molecule has 0 aliphatic rings. The van der Waals surface area contributed by atoms with Crippen LogP contribution in [0.15, 0.2) is 40.4 Å². The summed E-state index contributed by atoms with van der Waals surface area (Å²) in [4.78, 5) is 62.0. The van der Waals surface area contributed by atoms with Crippen LogP contribution >= 0.6 is 0 Å². The third-order valence-electron chi connectivity index (χ3n) is 6.40. The van der Waals surface area contributed by atoms with Gasteiger partial charge in [0.15, 0.2) is 11.9 Å². The van der Waals surface area contributed by atoms with Gasteiger partial charge in [0, 0.05) is 36.6 Å². The van der Waals surface area contributed by atoms with Crippen molar-refractivity contribution < 1.29 is 29.4 Å². The van der Waals surface area contributed by atoms with E-state index in [-0.39, 0.29) is 57.1 Å². The molecule has 0 aliphatic carbocycles. The van der Waals surface area contributed by atoms with Gasteiger partial charge in [-0.2, -0.15) is 0 Å². The van der Waals surface area contributed by atoms with Crippen LogP contribution in [0.2, 0.25) is 0 Å². The number of nitrogens with zero attached hydrogens (tertiary/aromatic N) is 2. The fourth-order valence-electron chi connectivity index (χ4n) is 4.17. The van der Waals surface area contributed by atoms with Gasteiger partial charge in [0.1, 0.15) is 24.2 Å². The Bertz CT molecular complexity index is 1300. The summed E-state index contributed by atoms with van der Waals surface area (Å²) in [6, 6.07) is 2.34. The van der Waals surface area contributed by atoms with Crippen molar-refractivity contribution in [3.63, 3.8) is 0 Å². The number of H-pyrrole nitrogens is 1. The van der Waals surface area contributed by atoms with E-state index >= 15 is 0 Å². The average molecular weight is 604 g/mol. The monoisotopic (exact) mass is 603 g/mol. The highest BCUT2D eigenvalue weighted by Gasteiger charge is 2.30. The number of rotatable bonds is 18. The molecular weight excluding hydrogens is 562 g/mol. The number of carboxylic acid groups (broad SMARTS) is 1. The van der Waals surface area contributed by atoms with Gasteiger partial charge in [0.25, 0.3) is 0 Å². The zero-order chi connectivity index (χ0) is 31.9. The zero-order valence-corrected chi connectivity index (χ0v) is 23.7. The molecule has 1 aromatic heterocycles. The molecule has 1 heterocycles. The molecule has 0 spiro atoms. The van der Waals surface area contributed by atoms with Crippen LogP contribution in [0.3, 0.4) is 0 Å². The maximum Gasteiger partial charge on any atom is 0.326 e. The fraction of sp³-hybridized carbons (Fsp3) is 0.462. The Morgan fingerprint density at radius 2 is 1.33 bits per heavy atom. The minimum absolute atomic E-state index is 0.0255. The molecule has 1 aromatic carbocycles. The van der Waals surface area contributed by atoms with Crippen molar-refractivity contribution in [3.05, 3.63) is 36.0 Å². The predicted octanol–water partition coefficient (Wildman–Crippen LogP) is -3.32. The summed E-state index contributed by atoms with van der Waals surface area (Å²) in [6.45, 7) is -0.356. The van der Waals surface area contributed by atoms with Crippen LogP contribution in [-0.4, -0.2) is 94.7 Å². The molecule has 17 heteroatoms. The maximum absolute atomic E-state index is 13.4. The Morgan fingerprint density at radius 3 is 1.84 bits per heavy atom. The first-order valence-corrected chi connectivity index (χ1v) is 13.6. The molecule has 0 saturated carbocycles. The van der Waals surface area contributed by atoms with Crippen LogP contribution in [0.25, 0.3) is 10.9 Å². The number of hydrogen-bond acceptors (Lipinski definition) is 8. The molecule has 16 N–H and O–H groups in total. The van der Waals surface area contributed by atoms with E-state index < -0.39 is 54.5 Å². The van der Waals surface area contributed by atoms with E-state index in [0.717, 1.165) is 10.9 Å². The molecule has 4 unspecified atom stereocenters. The molecule has 0 aliphatic heterocycles. The van der Waals surface area contributed by atoms with E-state index in [2.05, 4.69) is 30.9 Å². The van der Waals surface area contributed by atoms with E-state index in [4.69, 9.17) is 28.7 Å². The topological polar surface area (TPSA) is 315 Å². The van der Waals surface area contributed by atoms with Gasteiger partial charge in [-0.1, -0.05) is 18.2 Å². The average Bonchev–Trinajstić information content (AvgIpc) is 3.37. The van der Waals surface area contributed by atoms with Crippen LogP contribution in [0, 0.1) is 0 Å². The molecule has 0 saturated heterocycles. The van der Waals surface area contributed by atoms with Crippen LogP contribution in [0.4, 0.5) is 0 Å². The molecule has 0 fully saturated rings.